The van der Waals surface area contributed by atoms with E-state index >= 15 is 0 Å². The second-order valence-corrected chi connectivity index (χ2v) is 6.04. The molecule has 1 aromatic heterocycles. The standard InChI is InChI=1S/C21H25N3O/c1-3-4-6-12-19(15-18-10-7-5-8-11-18)16-22-23-21(25)20-13-9-14-24(2)17-20/h5,7-11,13-17H,3-4,6,12H2,1-2H3/p+1. The van der Waals surface area contributed by atoms with Crippen molar-refractivity contribution in [2.45, 2.75) is 32.6 Å². The van der Waals surface area contributed by atoms with Crippen molar-refractivity contribution in [1.29, 1.82) is 0 Å². The van der Waals surface area contributed by atoms with Crippen LogP contribution in [0.5, 0.6) is 0 Å². The van der Waals surface area contributed by atoms with Gasteiger partial charge in [-0.15, -0.1) is 0 Å². The van der Waals surface area contributed by atoms with Crippen molar-refractivity contribution >= 4 is 18.2 Å². The lowest BCUT2D eigenvalue weighted by Gasteiger charge is -2.03. The molecule has 130 valence electrons. The summed E-state index contributed by atoms with van der Waals surface area (Å²) in [5.41, 5.74) is 5.44. The van der Waals surface area contributed by atoms with E-state index in [-0.39, 0.29) is 5.91 Å². The van der Waals surface area contributed by atoms with Gasteiger partial charge in [0.1, 0.15) is 12.6 Å². The number of carbonyl (C=O) groups excluding carboxylic acids is 1. The van der Waals surface area contributed by atoms with Crippen LogP contribution in [0.25, 0.3) is 6.08 Å². The van der Waals surface area contributed by atoms with Crippen LogP contribution in [-0.2, 0) is 7.05 Å². The molecule has 1 heterocycles. The molecular formula is C21H26N3O+. The Balaban J connectivity index is 2.03. The Hall–Kier alpha value is -2.75. The van der Waals surface area contributed by atoms with Crippen LogP contribution in [0, 0.1) is 0 Å². The molecule has 2 aromatic rings. The van der Waals surface area contributed by atoms with E-state index in [9.17, 15) is 4.79 Å². The number of carbonyl (C=O) groups is 1. The summed E-state index contributed by atoms with van der Waals surface area (Å²) in [5.74, 6) is -0.208. The van der Waals surface area contributed by atoms with Crippen molar-refractivity contribution in [3.05, 3.63) is 71.6 Å². The van der Waals surface area contributed by atoms with Gasteiger partial charge in [0.15, 0.2) is 12.4 Å². The van der Waals surface area contributed by atoms with Crippen LogP contribution in [0.1, 0.15) is 48.5 Å². The molecule has 0 atom stereocenters. The fraction of sp³-hybridized carbons (Fsp3) is 0.286. The third-order valence-corrected chi connectivity index (χ3v) is 3.82. The SMILES string of the molecule is CCCCCC(C=NNC(=O)c1ccc[n+](C)c1)=Cc1ccccc1. The zero-order chi connectivity index (χ0) is 17.9. The number of amides is 1. The van der Waals surface area contributed by atoms with Crippen molar-refractivity contribution in [3.63, 3.8) is 0 Å². The minimum atomic E-state index is -0.208. The Bertz CT molecular complexity index is 736. The molecule has 0 aliphatic rings. The Morgan fingerprint density at radius 1 is 1.16 bits per heavy atom. The van der Waals surface area contributed by atoms with E-state index in [1.165, 1.54) is 12.8 Å². The number of pyridine rings is 1. The molecule has 0 bridgehead atoms. The molecule has 1 amide bonds. The van der Waals surface area contributed by atoms with Crippen LogP contribution in [0.4, 0.5) is 0 Å². The first-order valence-electron chi connectivity index (χ1n) is 8.73. The minimum Gasteiger partial charge on any atom is -0.267 e. The van der Waals surface area contributed by atoms with Gasteiger partial charge in [0.2, 0.25) is 0 Å². The highest BCUT2D eigenvalue weighted by Crippen LogP contribution is 2.12. The summed E-state index contributed by atoms with van der Waals surface area (Å²) < 4.78 is 1.84. The van der Waals surface area contributed by atoms with Gasteiger partial charge in [-0.1, -0.05) is 56.2 Å². The number of hydrogen-bond acceptors (Lipinski definition) is 2. The lowest BCUT2D eigenvalue weighted by atomic mass is 10.1. The summed E-state index contributed by atoms with van der Waals surface area (Å²) in [5, 5.41) is 4.15. The van der Waals surface area contributed by atoms with Gasteiger partial charge in [-0.3, -0.25) is 4.79 Å². The molecule has 1 N–H and O–H groups in total. The summed E-state index contributed by atoms with van der Waals surface area (Å²) >= 11 is 0. The number of hydrogen-bond donors (Lipinski definition) is 1. The number of nitrogens with zero attached hydrogens (tertiary/aromatic N) is 2. The summed E-state index contributed by atoms with van der Waals surface area (Å²) in [7, 11) is 1.88. The van der Waals surface area contributed by atoms with Gasteiger partial charge in [0.05, 0.1) is 6.21 Å². The molecule has 2 rings (SSSR count). The minimum absolute atomic E-state index is 0.208. The quantitative estimate of drug-likeness (QED) is 0.338. The number of unbranched alkanes of at least 4 members (excludes halogenated alkanes) is 2. The Labute approximate surface area is 149 Å². The molecule has 0 saturated heterocycles. The average molecular weight is 336 g/mol. The molecule has 0 fully saturated rings. The highest BCUT2D eigenvalue weighted by atomic mass is 16.2. The van der Waals surface area contributed by atoms with E-state index < -0.39 is 0 Å². The molecule has 0 aliphatic carbocycles. The first kappa shape index (κ1) is 18.6. The van der Waals surface area contributed by atoms with Gasteiger partial charge in [-0.25, -0.2) is 9.99 Å². The molecule has 0 aliphatic heterocycles. The fourth-order valence-corrected chi connectivity index (χ4v) is 2.48. The molecule has 0 unspecified atom stereocenters. The van der Waals surface area contributed by atoms with Crippen LogP contribution in [-0.4, -0.2) is 12.1 Å². The van der Waals surface area contributed by atoms with E-state index in [0.29, 0.717) is 5.56 Å². The molecule has 0 saturated carbocycles. The average Bonchev–Trinajstić information content (AvgIpc) is 2.62. The zero-order valence-electron chi connectivity index (χ0n) is 15.0. The maximum absolute atomic E-state index is 12.1. The van der Waals surface area contributed by atoms with E-state index in [0.717, 1.165) is 24.0 Å². The normalized spacial score (nSPS) is 11.7. The van der Waals surface area contributed by atoms with E-state index in [4.69, 9.17) is 0 Å². The van der Waals surface area contributed by atoms with Crippen LogP contribution in [0.2, 0.25) is 0 Å². The highest BCUT2D eigenvalue weighted by Gasteiger charge is 2.07. The molecular weight excluding hydrogens is 310 g/mol. The predicted octanol–water partition coefficient (Wildman–Crippen LogP) is 3.89. The molecule has 4 heteroatoms. The van der Waals surface area contributed by atoms with Gasteiger partial charge < -0.3 is 0 Å². The van der Waals surface area contributed by atoms with Crippen LogP contribution >= 0.6 is 0 Å². The number of rotatable bonds is 8. The molecule has 4 nitrogen and oxygen atoms in total. The smallest absolute Gasteiger partial charge is 0.267 e. The Kier molecular flexibility index (Phi) is 7.57. The second-order valence-electron chi connectivity index (χ2n) is 6.04. The van der Waals surface area contributed by atoms with Crippen molar-refractivity contribution in [3.8, 4) is 0 Å². The van der Waals surface area contributed by atoms with E-state index in [1.54, 1.807) is 18.5 Å². The number of allylic oxidation sites excluding steroid dienone is 1. The van der Waals surface area contributed by atoms with E-state index in [2.05, 4.69) is 35.7 Å². The molecule has 25 heavy (non-hydrogen) atoms. The van der Waals surface area contributed by atoms with Crippen LogP contribution < -0.4 is 9.99 Å². The Morgan fingerprint density at radius 3 is 2.68 bits per heavy atom. The lowest BCUT2D eigenvalue weighted by molar-refractivity contribution is -0.671. The number of hydrazone groups is 1. The lowest BCUT2D eigenvalue weighted by Crippen LogP contribution is -2.29. The van der Waals surface area contributed by atoms with Crippen molar-refractivity contribution in [1.82, 2.24) is 5.43 Å². The Morgan fingerprint density at radius 2 is 1.96 bits per heavy atom. The topological polar surface area (TPSA) is 45.3 Å². The van der Waals surface area contributed by atoms with Crippen molar-refractivity contribution in [2.75, 3.05) is 0 Å². The summed E-state index contributed by atoms with van der Waals surface area (Å²) in [6.45, 7) is 2.19. The predicted molar refractivity (Wildman–Crippen MR) is 102 cm³/mol. The first-order chi connectivity index (χ1) is 12.2. The first-order valence-corrected chi connectivity index (χ1v) is 8.73. The van der Waals surface area contributed by atoms with Crippen molar-refractivity contribution < 1.29 is 9.36 Å². The van der Waals surface area contributed by atoms with Crippen LogP contribution in [0.15, 0.2) is 65.5 Å². The maximum Gasteiger partial charge on any atom is 0.277 e. The monoisotopic (exact) mass is 336 g/mol. The number of benzene rings is 1. The summed E-state index contributed by atoms with van der Waals surface area (Å²) in [6, 6.07) is 13.8. The number of aromatic nitrogens is 1. The van der Waals surface area contributed by atoms with Gasteiger partial charge in [0.25, 0.3) is 5.91 Å². The number of aryl methyl sites for hydroxylation is 1. The third kappa shape index (κ3) is 6.71. The molecule has 1 aromatic carbocycles. The zero-order valence-corrected chi connectivity index (χ0v) is 15.0. The van der Waals surface area contributed by atoms with Gasteiger partial charge in [-0.05, 0) is 30.0 Å². The molecule has 0 spiro atoms. The number of nitrogens with one attached hydrogen (secondary N) is 1. The third-order valence-electron chi connectivity index (χ3n) is 3.82. The largest absolute Gasteiger partial charge is 0.277 e. The maximum atomic E-state index is 12.1. The molecule has 0 radical (unpaired) electrons. The highest BCUT2D eigenvalue weighted by molar-refractivity contribution is 5.94. The second kappa shape index (κ2) is 10.2. The van der Waals surface area contributed by atoms with Gasteiger partial charge in [-0.2, -0.15) is 5.10 Å². The van der Waals surface area contributed by atoms with Gasteiger partial charge >= 0.3 is 0 Å². The fourth-order valence-electron chi connectivity index (χ4n) is 2.48. The van der Waals surface area contributed by atoms with E-state index in [1.807, 2.05) is 42.1 Å². The summed E-state index contributed by atoms with van der Waals surface area (Å²) in [4.78, 5) is 12.1. The van der Waals surface area contributed by atoms with Crippen LogP contribution in [0.3, 0.4) is 0 Å². The van der Waals surface area contributed by atoms with Gasteiger partial charge in [0, 0.05) is 6.07 Å². The van der Waals surface area contributed by atoms with Crippen molar-refractivity contribution in [2.24, 2.45) is 12.1 Å². The summed E-state index contributed by atoms with van der Waals surface area (Å²) in [6.07, 6.45) is 12.0.